The molecule has 0 heterocycles. The molecule has 0 bridgehead atoms. The zero-order valence-corrected chi connectivity index (χ0v) is 6.90. The lowest BCUT2D eigenvalue weighted by atomic mass is 10.2. The monoisotopic (exact) mass is 172 g/mol. The predicted molar refractivity (Wildman–Crippen MR) is 40.2 cm³/mol. The van der Waals surface area contributed by atoms with Gasteiger partial charge in [0.1, 0.15) is 6.04 Å². The smallest absolute Gasteiger partial charge is 0.305 e. The molecule has 0 rings (SSSR count). The van der Waals surface area contributed by atoms with Gasteiger partial charge in [-0.25, -0.2) is 0 Å². The van der Waals surface area contributed by atoms with Crippen molar-refractivity contribution in [3.63, 3.8) is 0 Å². The summed E-state index contributed by atoms with van der Waals surface area (Å²) in [6.45, 7) is 1.26. The Kier molecular flexibility index (Phi) is 3.96. The molecule has 0 fully saturated rings. The summed E-state index contributed by atoms with van der Waals surface area (Å²) in [4.78, 5) is 32.1. The summed E-state index contributed by atoms with van der Waals surface area (Å²) in [5.74, 6) is -1.49. The Hall–Kier alpha value is -1.39. The van der Waals surface area contributed by atoms with E-state index in [4.69, 9.17) is 5.11 Å². The third kappa shape index (κ3) is 3.14. The van der Waals surface area contributed by atoms with Crippen LogP contribution in [0, 0.1) is 0 Å². The van der Waals surface area contributed by atoms with E-state index in [0.717, 1.165) is 4.90 Å². The average Bonchev–Trinajstić information content (AvgIpc) is 1.98. The van der Waals surface area contributed by atoms with E-state index in [1.807, 2.05) is 0 Å². The van der Waals surface area contributed by atoms with Crippen molar-refractivity contribution < 1.29 is 19.5 Å². The normalized spacial score (nSPS) is 11.8. The molecule has 0 aliphatic carbocycles. The topological polar surface area (TPSA) is 74.7 Å². The molecule has 0 aliphatic heterocycles. The van der Waals surface area contributed by atoms with Crippen molar-refractivity contribution in [2.75, 3.05) is 7.05 Å². The highest BCUT2D eigenvalue weighted by Crippen LogP contribution is 1.99. The van der Waals surface area contributed by atoms with Gasteiger partial charge in [-0.2, -0.15) is 0 Å². The maximum atomic E-state index is 10.7. The fourth-order valence-electron chi connectivity index (χ4n) is 0.643. The first-order valence-electron chi connectivity index (χ1n) is 3.32. The zero-order chi connectivity index (χ0) is 9.72. The third-order valence-corrected chi connectivity index (χ3v) is 1.47. The van der Waals surface area contributed by atoms with Gasteiger partial charge in [0.15, 0.2) is 0 Å². The molecule has 0 spiro atoms. The highest BCUT2D eigenvalue weighted by atomic mass is 16.4. The molecule has 0 saturated heterocycles. The minimum absolute atomic E-state index is 0.357. The van der Waals surface area contributed by atoms with Crippen molar-refractivity contribution >= 4 is 18.2 Å². The van der Waals surface area contributed by atoms with Gasteiger partial charge in [-0.15, -0.1) is 0 Å². The number of carboxylic acids is 1. The van der Waals surface area contributed by atoms with Crippen LogP contribution >= 0.6 is 0 Å². The summed E-state index contributed by atoms with van der Waals surface area (Å²) in [6, 6.07) is -0.986. The molecule has 0 aromatic rings. The fourth-order valence-corrected chi connectivity index (χ4v) is 0.643. The summed E-state index contributed by atoms with van der Waals surface area (Å²) in [7, 11) is 1.36. The van der Waals surface area contributed by atoms with E-state index >= 15 is 0 Å². The van der Waals surface area contributed by atoms with Crippen LogP contribution in [-0.2, 0) is 14.4 Å². The van der Waals surface area contributed by atoms with E-state index in [1.165, 1.54) is 20.3 Å². The summed E-state index contributed by atoms with van der Waals surface area (Å²) >= 11 is 0. The Labute approximate surface area is 70.0 Å². The first-order valence-corrected chi connectivity index (χ1v) is 3.32. The van der Waals surface area contributed by atoms with E-state index in [2.05, 4.69) is 0 Å². The number of carbonyl (C=O) groups excluding carboxylic acids is 2. The highest BCUT2D eigenvalue weighted by molar-refractivity contribution is 5.80. The minimum atomic E-state index is -1.13. The second-order valence-electron chi connectivity index (χ2n) is 2.36. The number of carboxylic acid groups (broad SMARTS) is 1. The lowest BCUT2D eigenvalue weighted by Crippen LogP contribution is -2.38. The van der Waals surface area contributed by atoms with Crippen LogP contribution in [0.25, 0.3) is 0 Å². The van der Waals surface area contributed by atoms with Gasteiger partial charge in [0, 0.05) is 14.0 Å². The second-order valence-corrected chi connectivity index (χ2v) is 2.36. The molecule has 0 aromatic carbocycles. The van der Waals surface area contributed by atoms with Crippen LogP contribution in [0.3, 0.4) is 0 Å². The number of rotatable bonds is 4. The Morgan fingerprint density at radius 1 is 1.58 bits per heavy atom. The predicted octanol–water partition coefficient (Wildman–Crippen LogP) is -0.582. The molecular formula is C7H10NO4. The number of aliphatic carboxylic acids is 1. The number of carbonyl (C=O) groups is 2. The number of nitrogens with zero attached hydrogens (tertiary/aromatic N) is 1. The van der Waals surface area contributed by atoms with E-state index in [9.17, 15) is 14.4 Å². The van der Waals surface area contributed by atoms with Gasteiger partial charge in [-0.05, 0) is 0 Å². The molecule has 1 radical (unpaired) electrons. The molecule has 0 aromatic heterocycles. The maximum Gasteiger partial charge on any atom is 0.305 e. The van der Waals surface area contributed by atoms with E-state index in [0.29, 0.717) is 0 Å². The van der Waals surface area contributed by atoms with Crippen LogP contribution in [-0.4, -0.2) is 41.3 Å². The second kappa shape index (κ2) is 4.48. The van der Waals surface area contributed by atoms with Gasteiger partial charge >= 0.3 is 5.97 Å². The van der Waals surface area contributed by atoms with Crippen molar-refractivity contribution in [1.29, 1.82) is 0 Å². The zero-order valence-electron chi connectivity index (χ0n) is 6.90. The third-order valence-electron chi connectivity index (χ3n) is 1.47. The van der Waals surface area contributed by atoms with Crippen LogP contribution in [0.2, 0.25) is 0 Å². The molecule has 0 unspecified atom stereocenters. The maximum absolute atomic E-state index is 10.7. The first kappa shape index (κ1) is 10.6. The van der Waals surface area contributed by atoms with Crippen molar-refractivity contribution in [1.82, 2.24) is 4.90 Å². The van der Waals surface area contributed by atoms with E-state index < -0.39 is 18.4 Å². The van der Waals surface area contributed by atoms with Crippen molar-refractivity contribution in [2.45, 2.75) is 19.4 Å². The molecule has 1 amide bonds. The molecule has 1 atom stereocenters. The number of likely N-dealkylation sites (N-methyl/N-ethyl adjacent to an activating group) is 1. The van der Waals surface area contributed by atoms with E-state index in [-0.39, 0.29) is 5.91 Å². The SMILES string of the molecule is CC(=O)N(C)[C@H]([C]=O)CC(=O)O. The molecule has 5 heteroatoms. The minimum Gasteiger partial charge on any atom is -0.481 e. The van der Waals surface area contributed by atoms with Crippen molar-refractivity contribution in [3.05, 3.63) is 0 Å². The molecule has 5 nitrogen and oxygen atoms in total. The molecule has 0 saturated carbocycles. The summed E-state index contributed by atoms with van der Waals surface area (Å²) in [5.41, 5.74) is 0. The van der Waals surface area contributed by atoms with Gasteiger partial charge in [0.25, 0.3) is 0 Å². The largest absolute Gasteiger partial charge is 0.481 e. The molecule has 67 valence electrons. The van der Waals surface area contributed by atoms with Crippen molar-refractivity contribution in [2.24, 2.45) is 0 Å². The Morgan fingerprint density at radius 2 is 2.08 bits per heavy atom. The van der Waals surface area contributed by atoms with Gasteiger partial charge in [-0.1, -0.05) is 0 Å². The first-order chi connectivity index (χ1) is 5.49. The van der Waals surface area contributed by atoms with Gasteiger partial charge < -0.3 is 10.0 Å². The summed E-state index contributed by atoms with van der Waals surface area (Å²) < 4.78 is 0. The molecule has 1 N–H and O–H groups in total. The van der Waals surface area contributed by atoms with Crippen molar-refractivity contribution in [3.8, 4) is 0 Å². The number of hydrogen-bond acceptors (Lipinski definition) is 3. The summed E-state index contributed by atoms with van der Waals surface area (Å²) in [5, 5.41) is 8.33. The van der Waals surface area contributed by atoms with Gasteiger partial charge in [-0.3, -0.25) is 14.4 Å². The number of amides is 1. The van der Waals surface area contributed by atoms with E-state index in [1.54, 1.807) is 0 Å². The van der Waals surface area contributed by atoms with Gasteiger partial charge in [0.05, 0.1) is 6.42 Å². The summed E-state index contributed by atoms with van der Waals surface area (Å²) in [6.07, 6.45) is 1.09. The van der Waals surface area contributed by atoms with Crippen LogP contribution in [0.1, 0.15) is 13.3 Å². The average molecular weight is 172 g/mol. The van der Waals surface area contributed by atoms with Crippen LogP contribution in [0.15, 0.2) is 0 Å². The molecule has 12 heavy (non-hydrogen) atoms. The standard InChI is InChI=1S/C7H10NO4/c1-5(10)8(2)6(4-9)3-7(11)12/h6H,3H2,1-2H3,(H,11,12)/t6-/m0/s1. The number of hydrogen-bond donors (Lipinski definition) is 1. The van der Waals surface area contributed by atoms with Crippen LogP contribution in [0.4, 0.5) is 0 Å². The highest BCUT2D eigenvalue weighted by Gasteiger charge is 2.19. The van der Waals surface area contributed by atoms with Crippen LogP contribution in [0.5, 0.6) is 0 Å². The molecular weight excluding hydrogens is 162 g/mol. The van der Waals surface area contributed by atoms with Gasteiger partial charge in [0.2, 0.25) is 12.2 Å². The Morgan fingerprint density at radius 3 is 2.33 bits per heavy atom. The quantitative estimate of drug-likeness (QED) is 0.615. The fraction of sp³-hybridized carbons (Fsp3) is 0.571. The molecule has 0 aliphatic rings. The Balaban J connectivity index is 4.23. The lowest BCUT2D eigenvalue weighted by molar-refractivity contribution is -0.138. The Bertz CT molecular complexity index is 202. The van der Waals surface area contributed by atoms with Crippen LogP contribution < -0.4 is 0 Å². The lowest BCUT2D eigenvalue weighted by Gasteiger charge is -2.19.